The highest BCUT2D eigenvalue weighted by Crippen LogP contribution is 2.26. The summed E-state index contributed by atoms with van der Waals surface area (Å²) in [7, 11) is 0. The molecule has 0 aromatic heterocycles. The number of ether oxygens (including phenoxy) is 1. The van der Waals surface area contributed by atoms with Gasteiger partial charge in [0.25, 0.3) is 5.91 Å². The molecular formula is C24H26N2O2. The summed E-state index contributed by atoms with van der Waals surface area (Å²) >= 11 is 0. The van der Waals surface area contributed by atoms with Crippen LogP contribution in [0.2, 0.25) is 0 Å². The maximum absolute atomic E-state index is 12.6. The van der Waals surface area contributed by atoms with Gasteiger partial charge in [0, 0.05) is 29.9 Å². The van der Waals surface area contributed by atoms with Gasteiger partial charge in [-0.25, -0.2) is 0 Å². The molecule has 1 aliphatic heterocycles. The van der Waals surface area contributed by atoms with Crippen LogP contribution in [0.15, 0.2) is 66.7 Å². The Balaban J connectivity index is 1.40. The maximum Gasteiger partial charge on any atom is 0.265 e. The van der Waals surface area contributed by atoms with E-state index in [1.165, 1.54) is 24.9 Å². The van der Waals surface area contributed by atoms with Crippen molar-refractivity contribution < 1.29 is 9.53 Å². The van der Waals surface area contributed by atoms with Crippen LogP contribution in [0, 0.1) is 0 Å². The molecule has 4 nitrogen and oxygen atoms in total. The van der Waals surface area contributed by atoms with E-state index in [1.807, 2.05) is 54.6 Å². The number of rotatable bonds is 5. The first-order valence-corrected chi connectivity index (χ1v) is 10.0. The van der Waals surface area contributed by atoms with Crippen LogP contribution in [0.3, 0.4) is 0 Å². The molecule has 3 aromatic carbocycles. The van der Waals surface area contributed by atoms with Crippen molar-refractivity contribution in [1.82, 2.24) is 0 Å². The number of hydrogen-bond acceptors (Lipinski definition) is 3. The monoisotopic (exact) mass is 374 g/mol. The number of hydrogen-bond donors (Lipinski definition) is 1. The van der Waals surface area contributed by atoms with Crippen LogP contribution in [-0.4, -0.2) is 25.1 Å². The lowest BCUT2D eigenvalue weighted by Gasteiger charge is -2.28. The number of benzene rings is 3. The van der Waals surface area contributed by atoms with Gasteiger partial charge < -0.3 is 15.0 Å². The summed E-state index contributed by atoms with van der Waals surface area (Å²) in [6.07, 6.45) is 3.23. The Bertz CT molecular complexity index is 941. The van der Waals surface area contributed by atoms with E-state index in [4.69, 9.17) is 4.74 Å². The largest absolute Gasteiger partial charge is 0.480 e. The minimum absolute atomic E-state index is 0.154. The quantitative estimate of drug-likeness (QED) is 0.664. The fourth-order valence-electron chi connectivity index (χ4n) is 3.69. The Morgan fingerprint density at radius 1 is 0.929 bits per heavy atom. The van der Waals surface area contributed by atoms with Gasteiger partial charge in [0.1, 0.15) is 5.75 Å². The lowest BCUT2D eigenvalue weighted by atomic mass is 10.1. The van der Waals surface area contributed by atoms with E-state index in [0.29, 0.717) is 0 Å². The number of carbonyl (C=O) groups is 1. The minimum atomic E-state index is -0.590. The van der Waals surface area contributed by atoms with Crippen molar-refractivity contribution in [2.45, 2.75) is 32.3 Å². The molecule has 0 bridgehead atoms. The average Bonchev–Trinajstić information content (AvgIpc) is 2.75. The fourth-order valence-corrected chi connectivity index (χ4v) is 3.69. The highest BCUT2D eigenvalue weighted by Gasteiger charge is 2.16. The predicted molar refractivity (Wildman–Crippen MR) is 115 cm³/mol. The molecule has 1 N–H and O–H groups in total. The van der Waals surface area contributed by atoms with Crippen molar-refractivity contribution in [3.63, 3.8) is 0 Å². The molecule has 1 aliphatic rings. The van der Waals surface area contributed by atoms with Crippen LogP contribution in [-0.2, 0) is 4.79 Å². The molecule has 0 saturated carbocycles. The summed E-state index contributed by atoms with van der Waals surface area (Å²) in [6.45, 7) is 4.00. The normalized spacial score (nSPS) is 15.2. The van der Waals surface area contributed by atoms with Gasteiger partial charge in [0.15, 0.2) is 6.10 Å². The SMILES string of the molecule is CC(Oc1cccc2ccccc12)C(=O)Nc1ccc(N2CCCCC2)cc1. The molecule has 144 valence electrons. The lowest BCUT2D eigenvalue weighted by Crippen LogP contribution is -2.30. The second-order valence-corrected chi connectivity index (χ2v) is 7.32. The van der Waals surface area contributed by atoms with Crippen LogP contribution in [0.25, 0.3) is 10.8 Å². The first-order chi connectivity index (χ1) is 13.7. The molecule has 4 rings (SSSR count). The molecule has 1 fully saturated rings. The van der Waals surface area contributed by atoms with Crippen LogP contribution in [0.1, 0.15) is 26.2 Å². The van der Waals surface area contributed by atoms with Crippen molar-refractivity contribution in [2.75, 3.05) is 23.3 Å². The van der Waals surface area contributed by atoms with E-state index >= 15 is 0 Å². The summed E-state index contributed by atoms with van der Waals surface area (Å²) in [5, 5.41) is 5.07. The fraction of sp³-hybridized carbons (Fsp3) is 0.292. The number of amides is 1. The minimum Gasteiger partial charge on any atom is -0.480 e. The third-order valence-electron chi connectivity index (χ3n) is 5.28. The Kier molecular flexibility index (Phi) is 5.47. The summed E-state index contributed by atoms with van der Waals surface area (Å²) in [6, 6.07) is 22.0. The molecule has 0 aliphatic carbocycles. The van der Waals surface area contributed by atoms with Crippen molar-refractivity contribution in [3.05, 3.63) is 66.7 Å². The van der Waals surface area contributed by atoms with Crippen molar-refractivity contribution >= 4 is 28.1 Å². The third-order valence-corrected chi connectivity index (χ3v) is 5.28. The van der Waals surface area contributed by atoms with Gasteiger partial charge in [-0.05, 0) is 61.9 Å². The highest BCUT2D eigenvalue weighted by molar-refractivity contribution is 5.95. The smallest absolute Gasteiger partial charge is 0.265 e. The van der Waals surface area contributed by atoms with E-state index in [1.54, 1.807) is 6.92 Å². The molecule has 0 spiro atoms. The summed E-state index contributed by atoms with van der Waals surface area (Å²) in [5.41, 5.74) is 2.01. The maximum atomic E-state index is 12.6. The second-order valence-electron chi connectivity index (χ2n) is 7.32. The molecule has 1 saturated heterocycles. The first-order valence-electron chi connectivity index (χ1n) is 10.0. The lowest BCUT2D eigenvalue weighted by molar-refractivity contribution is -0.122. The van der Waals surface area contributed by atoms with E-state index in [0.717, 1.165) is 35.3 Å². The van der Waals surface area contributed by atoms with Crippen LogP contribution < -0.4 is 15.0 Å². The van der Waals surface area contributed by atoms with Gasteiger partial charge in [-0.3, -0.25) is 4.79 Å². The molecule has 1 amide bonds. The number of anilines is 2. The van der Waals surface area contributed by atoms with E-state index in [2.05, 4.69) is 22.3 Å². The Labute approximate surface area is 166 Å². The third kappa shape index (κ3) is 4.11. The standard InChI is InChI=1S/C24H26N2O2/c1-18(28-23-11-7-9-19-8-3-4-10-22(19)23)24(27)25-20-12-14-21(15-13-20)26-16-5-2-6-17-26/h3-4,7-15,18H,2,5-6,16-17H2,1H3,(H,25,27). The van der Waals surface area contributed by atoms with Gasteiger partial charge >= 0.3 is 0 Å². The van der Waals surface area contributed by atoms with Crippen molar-refractivity contribution in [2.24, 2.45) is 0 Å². The van der Waals surface area contributed by atoms with Gasteiger partial charge in [0.05, 0.1) is 0 Å². The van der Waals surface area contributed by atoms with Crippen LogP contribution >= 0.6 is 0 Å². The molecule has 1 heterocycles. The Morgan fingerprint density at radius 3 is 2.43 bits per heavy atom. The molecular weight excluding hydrogens is 348 g/mol. The van der Waals surface area contributed by atoms with Gasteiger partial charge in [-0.2, -0.15) is 0 Å². The van der Waals surface area contributed by atoms with E-state index in [-0.39, 0.29) is 5.91 Å². The number of nitrogens with zero attached hydrogens (tertiary/aromatic N) is 1. The zero-order valence-corrected chi connectivity index (χ0v) is 16.2. The predicted octanol–water partition coefficient (Wildman–Crippen LogP) is 5.24. The molecule has 0 radical (unpaired) electrons. The van der Waals surface area contributed by atoms with Gasteiger partial charge in [-0.1, -0.05) is 36.4 Å². The first kappa shape index (κ1) is 18.4. The molecule has 1 atom stereocenters. The van der Waals surface area contributed by atoms with E-state index < -0.39 is 6.10 Å². The van der Waals surface area contributed by atoms with Crippen LogP contribution in [0.4, 0.5) is 11.4 Å². The number of piperidine rings is 1. The highest BCUT2D eigenvalue weighted by atomic mass is 16.5. The van der Waals surface area contributed by atoms with Gasteiger partial charge in [-0.15, -0.1) is 0 Å². The number of fused-ring (bicyclic) bond motifs is 1. The van der Waals surface area contributed by atoms with Gasteiger partial charge in [0.2, 0.25) is 0 Å². The van der Waals surface area contributed by atoms with Crippen molar-refractivity contribution in [1.29, 1.82) is 0 Å². The second kappa shape index (κ2) is 8.34. The van der Waals surface area contributed by atoms with Crippen molar-refractivity contribution in [3.8, 4) is 5.75 Å². The molecule has 3 aromatic rings. The topological polar surface area (TPSA) is 41.6 Å². The average molecular weight is 374 g/mol. The zero-order chi connectivity index (χ0) is 19.3. The summed E-state index contributed by atoms with van der Waals surface area (Å²) in [4.78, 5) is 15.0. The Hall–Kier alpha value is -3.01. The van der Waals surface area contributed by atoms with E-state index in [9.17, 15) is 4.79 Å². The number of nitrogens with one attached hydrogen (secondary N) is 1. The summed E-state index contributed by atoms with van der Waals surface area (Å²) in [5.74, 6) is 0.569. The van der Waals surface area contributed by atoms with Crippen LogP contribution in [0.5, 0.6) is 5.75 Å². The molecule has 28 heavy (non-hydrogen) atoms. The molecule has 4 heteroatoms. The zero-order valence-electron chi connectivity index (χ0n) is 16.2. The summed E-state index contributed by atoms with van der Waals surface area (Å²) < 4.78 is 5.96. The number of carbonyl (C=O) groups excluding carboxylic acids is 1. The Morgan fingerprint density at radius 2 is 1.64 bits per heavy atom. The molecule has 1 unspecified atom stereocenters.